The van der Waals surface area contributed by atoms with Crippen LogP contribution in [0, 0.1) is 0 Å². The molecule has 2 aromatic rings. The maximum Gasteiger partial charge on any atom is 0.271 e. The molecule has 1 aliphatic carbocycles. The van der Waals surface area contributed by atoms with Crippen molar-refractivity contribution in [1.82, 2.24) is 15.3 Å². The van der Waals surface area contributed by atoms with Gasteiger partial charge in [0.15, 0.2) is 0 Å². The molecule has 0 atom stereocenters. The molecule has 3 rings (SSSR count). The van der Waals surface area contributed by atoms with Crippen molar-refractivity contribution in [2.45, 2.75) is 37.8 Å². The Morgan fingerprint density at radius 3 is 2.60 bits per heavy atom. The highest BCUT2D eigenvalue weighted by Crippen LogP contribution is 2.17. The number of nitrogens with two attached hydrogens (primary N) is 1. The number of para-hydroxylation sites is 2. The first-order valence-electron chi connectivity index (χ1n) is 7.00. The lowest BCUT2D eigenvalue weighted by Crippen LogP contribution is -2.40. The molecule has 0 aliphatic heterocycles. The van der Waals surface area contributed by atoms with Crippen LogP contribution in [0.2, 0.25) is 0 Å². The lowest BCUT2D eigenvalue weighted by Gasteiger charge is -2.26. The van der Waals surface area contributed by atoms with E-state index in [-0.39, 0.29) is 18.0 Å². The Morgan fingerprint density at radius 1 is 1.15 bits per heavy atom. The summed E-state index contributed by atoms with van der Waals surface area (Å²) in [7, 11) is 0. The van der Waals surface area contributed by atoms with Crippen LogP contribution in [0.1, 0.15) is 36.2 Å². The van der Waals surface area contributed by atoms with Gasteiger partial charge in [-0.05, 0) is 37.8 Å². The van der Waals surface area contributed by atoms with Crippen molar-refractivity contribution in [2.75, 3.05) is 0 Å². The van der Waals surface area contributed by atoms with Gasteiger partial charge in [0, 0.05) is 12.1 Å². The minimum absolute atomic E-state index is 0.149. The SMILES string of the molecule is NC1CCC(NC(=O)c2cnc3ccccc3n2)CC1. The van der Waals surface area contributed by atoms with Gasteiger partial charge in [-0.15, -0.1) is 0 Å². The molecule has 20 heavy (non-hydrogen) atoms. The summed E-state index contributed by atoms with van der Waals surface area (Å²) in [6.07, 6.45) is 5.34. The molecule has 0 bridgehead atoms. The monoisotopic (exact) mass is 270 g/mol. The van der Waals surface area contributed by atoms with E-state index in [4.69, 9.17) is 5.73 Å². The molecule has 5 nitrogen and oxygen atoms in total. The van der Waals surface area contributed by atoms with Crippen molar-refractivity contribution < 1.29 is 4.79 Å². The van der Waals surface area contributed by atoms with Crippen LogP contribution in [0.4, 0.5) is 0 Å². The summed E-state index contributed by atoms with van der Waals surface area (Å²) in [5.41, 5.74) is 7.78. The molecule has 1 amide bonds. The average molecular weight is 270 g/mol. The maximum atomic E-state index is 12.2. The predicted molar refractivity (Wildman–Crippen MR) is 77.2 cm³/mol. The highest BCUT2D eigenvalue weighted by Gasteiger charge is 2.21. The lowest BCUT2D eigenvalue weighted by molar-refractivity contribution is 0.0921. The fourth-order valence-electron chi connectivity index (χ4n) is 2.59. The number of hydrogen-bond donors (Lipinski definition) is 2. The molecule has 1 aromatic carbocycles. The summed E-state index contributed by atoms with van der Waals surface area (Å²) < 4.78 is 0. The van der Waals surface area contributed by atoms with Gasteiger partial charge in [-0.25, -0.2) is 4.98 Å². The molecule has 3 N–H and O–H groups in total. The van der Waals surface area contributed by atoms with Crippen LogP contribution in [0.5, 0.6) is 0 Å². The van der Waals surface area contributed by atoms with E-state index in [1.165, 1.54) is 6.20 Å². The summed E-state index contributed by atoms with van der Waals surface area (Å²) in [5.74, 6) is -0.149. The molecule has 0 spiro atoms. The molecule has 0 saturated heterocycles. The van der Waals surface area contributed by atoms with E-state index in [9.17, 15) is 4.79 Å². The second-order valence-corrected chi connectivity index (χ2v) is 5.33. The van der Waals surface area contributed by atoms with Crippen LogP contribution in [0.25, 0.3) is 11.0 Å². The van der Waals surface area contributed by atoms with Gasteiger partial charge in [0.25, 0.3) is 5.91 Å². The largest absolute Gasteiger partial charge is 0.348 e. The van der Waals surface area contributed by atoms with Crippen LogP contribution in [-0.4, -0.2) is 28.0 Å². The molecule has 1 fully saturated rings. The van der Waals surface area contributed by atoms with Gasteiger partial charge in [0.05, 0.1) is 17.2 Å². The Bertz CT molecular complexity index is 620. The van der Waals surface area contributed by atoms with Crippen LogP contribution in [-0.2, 0) is 0 Å². The van der Waals surface area contributed by atoms with Gasteiger partial charge in [0.2, 0.25) is 0 Å². The summed E-state index contributed by atoms with van der Waals surface area (Å²) in [6, 6.07) is 8.02. The van der Waals surface area contributed by atoms with E-state index in [0.29, 0.717) is 5.69 Å². The Balaban J connectivity index is 1.72. The number of carbonyl (C=O) groups is 1. The molecule has 1 aromatic heterocycles. The van der Waals surface area contributed by atoms with E-state index >= 15 is 0 Å². The van der Waals surface area contributed by atoms with Crippen LogP contribution >= 0.6 is 0 Å². The van der Waals surface area contributed by atoms with E-state index in [2.05, 4.69) is 15.3 Å². The van der Waals surface area contributed by atoms with Crippen LogP contribution in [0.3, 0.4) is 0 Å². The number of aromatic nitrogens is 2. The second-order valence-electron chi connectivity index (χ2n) is 5.33. The highest BCUT2D eigenvalue weighted by molar-refractivity contribution is 5.93. The molecule has 0 unspecified atom stereocenters. The first kappa shape index (κ1) is 13.0. The molecular weight excluding hydrogens is 252 g/mol. The maximum absolute atomic E-state index is 12.2. The van der Waals surface area contributed by atoms with E-state index in [1.54, 1.807) is 0 Å². The zero-order chi connectivity index (χ0) is 13.9. The molecule has 1 saturated carbocycles. The fourth-order valence-corrected chi connectivity index (χ4v) is 2.59. The number of rotatable bonds is 2. The van der Waals surface area contributed by atoms with Gasteiger partial charge in [-0.2, -0.15) is 0 Å². The van der Waals surface area contributed by atoms with E-state index < -0.39 is 0 Å². The lowest BCUT2D eigenvalue weighted by atomic mass is 9.92. The van der Waals surface area contributed by atoms with Crippen LogP contribution < -0.4 is 11.1 Å². The number of nitrogens with one attached hydrogen (secondary N) is 1. The van der Waals surface area contributed by atoms with Gasteiger partial charge in [-0.1, -0.05) is 12.1 Å². The molecule has 1 aliphatic rings. The zero-order valence-corrected chi connectivity index (χ0v) is 11.2. The highest BCUT2D eigenvalue weighted by atomic mass is 16.1. The van der Waals surface area contributed by atoms with Crippen molar-refractivity contribution in [3.8, 4) is 0 Å². The van der Waals surface area contributed by atoms with Crippen molar-refractivity contribution in [3.63, 3.8) is 0 Å². The minimum atomic E-state index is -0.149. The Hall–Kier alpha value is -2.01. The standard InChI is InChI=1S/C15H18N4O/c16-10-5-7-11(8-6-10)18-15(20)14-9-17-12-3-1-2-4-13(12)19-14/h1-4,9-11H,5-8,16H2,(H,18,20). The zero-order valence-electron chi connectivity index (χ0n) is 11.2. The van der Waals surface area contributed by atoms with E-state index in [0.717, 1.165) is 36.7 Å². The number of amides is 1. The summed E-state index contributed by atoms with van der Waals surface area (Å²) in [6.45, 7) is 0. The van der Waals surface area contributed by atoms with Gasteiger partial charge >= 0.3 is 0 Å². The summed E-state index contributed by atoms with van der Waals surface area (Å²) in [5, 5.41) is 3.02. The first-order chi connectivity index (χ1) is 9.72. The smallest absolute Gasteiger partial charge is 0.271 e. The molecule has 5 heteroatoms. The molecule has 1 heterocycles. The normalized spacial score (nSPS) is 22.6. The third-order valence-electron chi connectivity index (χ3n) is 3.79. The Morgan fingerprint density at radius 2 is 1.85 bits per heavy atom. The Kier molecular flexibility index (Phi) is 3.60. The van der Waals surface area contributed by atoms with E-state index in [1.807, 2.05) is 24.3 Å². The van der Waals surface area contributed by atoms with Gasteiger partial charge in [-0.3, -0.25) is 9.78 Å². The quantitative estimate of drug-likeness (QED) is 0.869. The molecule has 0 radical (unpaired) electrons. The number of benzene rings is 1. The number of nitrogens with zero attached hydrogens (tertiary/aromatic N) is 2. The fraction of sp³-hybridized carbons (Fsp3) is 0.400. The Labute approximate surface area is 117 Å². The molecular formula is C15H18N4O. The third-order valence-corrected chi connectivity index (χ3v) is 3.79. The van der Waals surface area contributed by atoms with Gasteiger partial charge < -0.3 is 11.1 Å². The summed E-state index contributed by atoms with van der Waals surface area (Å²) >= 11 is 0. The van der Waals surface area contributed by atoms with Crippen molar-refractivity contribution >= 4 is 16.9 Å². The summed E-state index contributed by atoms with van der Waals surface area (Å²) in [4.78, 5) is 20.8. The molecule has 104 valence electrons. The average Bonchev–Trinajstić information content (AvgIpc) is 2.49. The van der Waals surface area contributed by atoms with Crippen molar-refractivity contribution in [3.05, 3.63) is 36.2 Å². The van der Waals surface area contributed by atoms with Crippen molar-refractivity contribution in [2.24, 2.45) is 5.73 Å². The van der Waals surface area contributed by atoms with Gasteiger partial charge in [0.1, 0.15) is 5.69 Å². The third kappa shape index (κ3) is 2.77. The minimum Gasteiger partial charge on any atom is -0.348 e. The predicted octanol–water partition coefficient (Wildman–Crippen LogP) is 1.63. The number of carbonyl (C=O) groups excluding carboxylic acids is 1. The number of hydrogen-bond acceptors (Lipinski definition) is 4. The van der Waals surface area contributed by atoms with Crippen molar-refractivity contribution in [1.29, 1.82) is 0 Å². The van der Waals surface area contributed by atoms with Crippen LogP contribution in [0.15, 0.2) is 30.5 Å². The second kappa shape index (κ2) is 5.54. The number of fused-ring (bicyclic) bond motifs is 1. The first-order valence-corrected chi connectivity index (χ1v) is 7.00. The topological polar surface area (TPSA) is 80.9 Å².